The Kier molecular flexibility index (Phi) is 4.85. The molecule has 0 aliphatic carbocycles. The van der Waals surface area contributed by atoms with Crippen molar-refractivity contribution in [2.24, 2.45) is 0 Å². The highest BCUT2D eigenvalue weighted by atomic mass is 16.2. The summed E-state index contributed by atoms with van der Waals surface area (Å²) in [5, 5.41) is 5.35. The van der Waals surface area contributed by atoms with Gasteiger partial charge in [0.25, 0.3) is 5.91 Å². The number of carbonyl (C=O) groups is 1. The van der Waals surface area contributed by atoms with Crippen molar-refractivity contribution in [2.45, 2.75) is 6.54 Å². The SMILES string of the molecule is O=C(c1cnc2c(cnn2Cc2ccccc2)c1)N1CCN(c2ccncc2)CC1. The molecular weight excluding hydrogens is 376 g/mol. The zero-order valence-electron chi connectivity index (χ0n) is 16.6. The minimum absolute atomic E-state index is 0.0228. The normalized spacial score (nSPS) is 14.3. The summed E-state index contributed by atoms with van der Waals surface area (Å²) in [5.74, 6) is 0.0228. The number of amides is 1. The first-order valence-electron chi connectivity index (χ1n) is 10.1. The average Bonchev–Trinajstić information content (AvgIpc) is 3.22. The van der Waals surface area contributed by atoms with Gasteiger partial charge in [-0.3, -0.25) is 9.78 Å². The molecule has 150 valence electrons. The third-order valence-corrected chi connectivity index (χ3v) is 5.49. The monoisotopic (exact) mass is 398 g/mol. The lowest BCUT2D eigenvalue weighted by Crippen LogP contribution is -2.48. The molecule has 0 spiro atoms. The molecule has 4 aromatic rings. The number of aromatic nitrogens is 4. The summed E-state index contributed by atoms with van der Waals surface area (Å²) in [6.45, 7) is 3.64. The van der Waals surface area contributed by atoms with Crippen LogP contribution in [0.15, 0.2) is 73.3 Å². The molecule has 1 saturated heterocycles. The molecule has 1 aromatic carbocycles. The molecule has 1 aliphatic rings. The van der Waals surface area contributed by atoms with Gasteiger partial charge in [0.15, 0.2) is 5.65 Å². The number of benzene rings is 1. The molecule has 30 heavy (non-hydrogen) atoms. The average molecular weight is 398 g/mol. The number of hydrogen-bond acceptors (Lipinski definition) is 5. The number of hydrogen-bond donors (Lipinski definition) is 0. The van der Waals surface area contributed by atoms with Crippen LogP contribution in [0.2, 0.25) is 0 Å². The molecule has 7 heteroatoms. The largest absolute Gasteiger partial charge is 0.368 e. The van der Waals surface area contributed by atoms with Gasteiger partial charge < -0.3 is 9.80 Å². The molecule has 3 aromatic heterocycles. The third-order valence-electron chi connectivity index (χ3n) is 5.49. The van der Waals surface area contributed by atoms with Crippen molar-refractivity contribution >= 4 is 22.6 Å². The summed E-state index contributed by atoms with van der Waals surface area (Å²) in [5.41, 5.74) is 3.71. The maximum atomic E-state index is 13.0. The Bertz CT molecular complexity index is 1150. The highest BCUT2D eigenvalue weighted by molar-refractivity contribution is 5.97. The smallest absolute Gasteiger partial charge is 0.255 e. The van der Waals surface area contributed by atoms with E-state index >= 15 is 0 Å². The lowest BCUT2D eigenvalue weighted by molar-refractivity contribution is 0.0746. The Morgan fingerprint density at radius 3 is 2.47 bits per heavy atom. The molecule has 0 saturated carbocycles. The summed E-state index contributed by atoms with van der Waals surface area (Å²) in [4.78, 5) is 25.8. The van der Waals surface area contributed by atoms with E-state index in [9.17, 15) is 4.79 Å². The second-order valence-electron chi connectivity index (χ2n) is 7.41. The van der Waals surface area contributed by atoms with Crippen LogP contribution in [0.25, 0.3) is 11.0 Å². The van der Waals surface area contributed by atoms with Crippen LogP contribution in [-0.4, -0.2) is 56.7 Å². The molecule has 1 aliphatic heterocycles. The van der Waals surface area contributed by atoms with E-state index in [1.54, 1.807) is 24.8 Å². The minimum Gasteiger partial charge on any atom is -0.368 e. The van der Waals surface area contributed by atoms with Gasteiger partial charge in [0.2, 0.25) is 0 Å². The van der Waals surface area contributed by atoms with E-state index in [1.165, 1.54) is 0 Å². The van der Waals surface area contributed by atoms with E-state index in [0.29, 0.717) is 25.2 Å². The molecule has 1 fully saturated rings. The maximum absolute atomic E-state index is 13.0. The fourth-order valence-electron chi connectivity index (χ4n) is 3.87. The number of rotatable bonds is 4. The van der Waals surface area contributed by atoms with Crippen molar-refractivity contribution in [3.8, 4) is 0 Å². The van der Waals surface area contributed by atoms with Crippen LogP contribution in [0.1, 0.15) is 15.9 Å². The Balaban J connectivity index is 1.29. The molecule has 5 rings (SSSR count). The number of nitrogens with zero attached hydrogens (tertiary/aromatic N) is 6. The van der Waals surface area contributed by atoms with E-state index in [4.69, 9.17) is 0 Å². The molecule has 1 amide bonds. The van der Waals surface area contributed by atoms with E-state index in [-0.39, 0.29) is 5.91 Å². The van der Waals surface area contributed by atoms with E-state index in [0.717, 1.165) is 35.4 Å². The Hall–Kier alpha value is -3.74. The number of carbonyl (C=O) groups excluding carboxylic acids is 1. The van der Waals surface area contributed by atoms with Gasteiger partial charge in [0.05, 0.1) is 18.3 Å². The van der Waals surface area contributed by atoms with Crippen LogP contribution in [0.4, 0.5) is 5.69 Å². The highest BCUT2D eigenvalue weighted by Crippen LogP contribution is 2.19. The van der Waals surface area contributed by atoms with E-state index in [1.807, 2.05) is 46.0 Å². The van der Waals surface area contributed by atoms with Crippen molar-refractivity contribution in [1.82, 2.24) is 24.6 Å². The second kappa shape index (κ2) is 7.94. The molecule has 0 unspecified atom stereocenters. The third kappa shape index (κ3) is 3.61. The topological polar surface area (TPSA) is 67.2 Å². The lowest BCUT2D eigenvalue weighted by Gasteiger charge is -2.36. The molecule has 0 N–H and O–H groups in total. The van der Waals surface area contributed by atoms with Gasteiger partial charge in [-0.1, -0.05) is 30.3 Å². The number of piperazine rings is 1. The first kappa shape index (κ1) is 18.3. The Morgan fingerprint density at radius 1 is 0.933 bits per heavy atom. The first-order valence-corrected chi connectivity index (χ1v) is 10.1. The molecular formula is C23H22N6O. The van der Waals surface area contributed by atoms with Gasteiger partial charge in [-0.05, 0) is 23.8 Å². The van der Waals surface area contributed by atoms with Crippen molar-refractivity contribution < 1.29 is 4.79 Å². The summed E-state index contributed by atoms with van der Waals surface area (Å²) in [7, 11) is 0. The second-order valence-corrected chi connectivity index (χ2v) is 7.41. The van der Waals surface area contributed by atoms with Gasteiger partial charge in [0.1, 0.15) is 0 Å². The van der Waals surface area contributed by atoms with Crippen molar-refractivity contribution in [3.63, 3.8) is 0 Å². The van der Waals surface area contributed by atoms with E-state index < -0.39 is 0 Å². The predicted molar refractivity (Wildman–Crippen MR) is 115 cm³/mol. The van der Waals surface area contributed by atoms with Crippen LogP contribution in [0.5, 0.6) is 0 Å². The van der Waals surface area contributed by atoms with Crippen LogP contribution < -0.4 is 4.90 Å². The van der Waals surface area contributed by atoms with Gasteiger partial charge in [0, 0.05) is 55.8 Å². The van der Waals surface area contributed by atoms with E-state index in [2.05, 4.69) is 32.1 Å². The van der Waals surface area contributed by atoms with Gasteiger partial charge >= 0.3 is 0 Å². The van der Waals surface area contributed by atoms with Crippen LogP contribution >= 0.6 is 0 Å². The van der Waals surface area contributed by atoms with Gasteiger partial charge in [-0.25, -0.2) is 9.67 Å². The predicted octanol–water partition coefficient (Wildman–Crippen LogP) is 2.84. The maximum Gasteiger partial charge on any atom is 0.255 e. The molecule has 0 atom stereocenters. The quantitative estimate of drug-likeness (QED) is 0.529. The number of anilines is 1. The highest BCUT2D eigenvalue weighted by Gasteiger charge is 2.23. The fraction of sp³-hybridized carbons (Fsp3) is 0.217. The van der Waals surface area contributed by atoms with Crippen molar-refractivity contribution in [2.75, 3.05) is 31.1 Å². The van der Waals surface area contributed by atoms with Gasteiger partial charge in [-0.2, -0.15) is 5.10 Å². The number of pyridine rings is 2. The standard InChI is InChI=1S/C23H22N6O/c30-23(28-12-10-27(11-13-28)21-6-8-24-9-7-21)20-14-19-16-26-29(22(19)25-15-20)17-18-4-2-1-3-5-18/h1-9,14-16H,10-13,17H2. The summed E-state index contributed by atoms with van der Waals surface area (Å²) >= 11 is 0. The molecule has 0 radical (unpaired) electrons. The van der Waals surface area contributed by atoms with Crippen molar-refractivity contribution in [1.29, 1.82) is 0 Å². The van der Waals surface area contributed by atoms with Crippen LogP contribution in [-0.2, 0) is 6.54 Å². The fourth-order valence-corrected chi connectivity index (χ4v) is 3.87. The Morgan fingerprint density at radius 2 is 1.70 bits per heavy atom. The van der Waals surface area contributed by atoms with Crippen LogP contribution in [0, 0.1) is 0 Å². The number of fused-ring (bicyclic) bond motifs is 1. The van der Waals surface area contributed by atoms with Crippen molar-refractivity contribution in [3.05, 3.63) is 84.4 Å². The van der Waals surface area contributed by atoms with Gasteiger partial charge in [-0.15, -0.1) is 0 Å². The molecule has 0 bridgehead atoms. The lowest BCUT2D eigenvalue weighted by atomic mass is 10.2. The van der Waals surface area contributed by atoms with Crippen LogP contribution in [0.3, 0.4) is 0 Å². The minimum atomic E-state index is 0.0228. The molecule has 4 heterocycles. The first-order chi connectivity index (χ1) is 14.8. The summed E-state index contributed by atoms with van der Waals surface area (Å²) in [6.07, 6.45) is 7.05. The Labute approximate surface area is 174 Å². The zero-order valence-corrected chi connectivity index (χ0v) is 16.6. The zero-order chi connectivity index (χ0) is 20.3. The summed E-state index contributed by atoms with van der Waals surface area (Å²) in [6, 6.07) is 16.1. The molecule has 7 nitrogen and oxygen atoms in total. The summed E-state index contributed by atoms with van der Waals surface area (Å²) < 4.78 is 1.87.